The number of hydrogen-bond acceptors (Lipinski definition) is 2. The average molecular weight is 368 g/mol. The quantitative estimate of drug-likeness (QED) is 0.681. The number of carbonyl (C=O) groups is 2. The maximum Gasteiger partial charge on any atom is 0.242 e. The van der Waals surface area contributed by atoms with Gasteiger partial charge in [0.1, 0.15) is 0 Å². The summed E-state index contributed by atoms with van der Waals surface area (Å²) >= 11 is 5.81. The number of halogens is 1. The molecule has 0 spiro atoms. The van der Waals surface area contributed by atoms with E-state index in [1.54, 1.807) is 24.3 Å². The lowest BCUT2D eigenvalue weighted by Crippen LogP contribution is -2.43. The van der Waals surface area contributed by atoms with Gasteiger partial charge in [0, 0.05) is 23.1 Å². The maximum atomic E-state index is 12.0. The van der Waals surface area contributed by atoms with Crippen molar-refractivity contribution in [3.05, 3.63) is 89.2 Å². The SMILES string of the molecule is O=C(Cc1ccc(Cl)cc1)NNC(=O)Cc1ccc(-n2cccc2)cc1. The molecule has 5 nitrogen and oxygen atoms in total. The number of rotatable bonds is 5. The molecule has 2 aromatic carbocycles. The van der Waals surface area contributed by atoms with E-state index in [9.17, 15) is 9.59 Å². The zero-order chi connectivity index (χ0) is 18.4. The van der Waals surface area contributed by atoms with Crippen LogP contribution < -0.4 is 10.9 Å². The molecule has 3 aromatic rings. The second-order valence-electron chi connectivity index (χ2n) is 5.83. The minimum absolute atomic E-state index is 0.170. The average Bonchev–Trinajstić information content (AvgIpc) is 3.17. The molecule has 0 fully saturated rings. The summed E-state index contributed by atoms with van der Waals surface area (Å²) in [7, 11) is 0. The van der Waals surface area contributed by atoms with Crippen molar-refractivity contribution in [2.24, 2.45) is 0 Å². The number of nitrogens with one attached hydrogen (secondary N) is 2. The van der Waals surface area contributed by atoms with E-state index in [2.05, 4.69) is 10.9 Å². The molecular weight excluding hydrogens is 350 g/mol. The van der Waals surface area contributed by atoms with Gasteiger partial charge in [-0.3, -0.25) is 20.4 Å². The summed E-state index contributed by atoms with van der Waals surface area (Å²) in [5, 5.41) is 0.616. The Morgan fingerprint density at radius 3 is 1.73 bits per heavy atom. The number of aromatic nitrogens is 1. The van der Waals surface area contributed by atoms with Gasteiger partial charge in [-0.25, -0.2) is 0 Å². The van der Waals surface area contributed by atoms with Crippen LogP contribution in [0.25, 0.3) is 5.69 Å². The normalized spacial score (nSPS) is 10.3. The first-order valence-corrected chi connectivity index (χ1v) is 8.52. The Morgan fingerprint density at radius 2 is 1.23 bits per heavy atom. The molecule has 0 bridgehead atoms. The van der Waals surface area contributed by atoms with Crippen LogP contribution in [0.2, 0.25) is 5.02 Å². The predicted octanol–water partition coefficient (Wildman–Crippen LogP) is 3.06. The second kappa shape index (κ2) is 8.36. The van der Waals surface area contributed by atoms with Crippen LogP contribution >= 0.6 is 11.6 Å². The summed E-state index contributed by atoms with van der Waals surface area (Å²) in [5.41, 5.74) is 7.57. The summed E-state index contributed by atoms with van der Waals surface area (Å²) in [6.07, 6.45) is 4.27. The Balaban J connectivity index is 1.46. The van der Waals surface area contributed by atoms with Gasteiger partial charge in [-0.15, -0.1) is 0 Å². The van der Waals surface area contributed by atoms with Crippen LogP contribution in [0, 0.1) is 0 Å². The van der Waals surface area contributed by atoms with Crippen molar-refractivity contribution in [2.45, 2.75) is 12.8 Å². The monoisotopic (exact) mass is 367 g/mol. The fraction of sp³-hybridized carbons (Fsp3) is 0.100. The van der Waals surface area contributed by atoms with Gasteiger partial charge in [-0.05, 0) is 47.5 Å². The summed E-state index contributed by atoms with van der Waals surface area (Å²) < 4.78 is 1.99. The number of hydrazine groups is 1. The van der Waals surface area contributed by atoms with Gasteiger partial charge >= 0.3 is 0 Å². The molecule has 0 aliphatic carbocycles. The second-order valence-corrected chi connectivity index (χ2v) is 6.27. The highest BCUT2D eigenvalue weighted by atomic mass is 35.5. The first-order valence-electron chi connectivity index (χ1n) is 8.14. The van der Waals surface area contributed by atoms with E-state index in [4.69, 9.17) is 11.6 Å². The highest BCUT2D eigenvalue weighted by Gasteiger charge is 2.07. The minimum atomic E-state index is -0.288. The molecule has 0 saturated carbocycles. The Labute approximate surface area is 156 Å². The van der Waals surface area contributed by atoms with Crippen molar-refractivity contribution in [1.29, 1.82) is 0 Å². The standard InChI is InChI=1S/C20H18ClN3O2/c21-17-7-3-15(4-8-17)13-19(25)22-23-20(26)14-16-5-9-18(10-6-16)24-11-1-2-12-24/h1-12H,13-14H2,(H,22,25)(H,23,26). The van der Waals surface area contributed by atoms with Crippen LogP contribution in [0.15, 0.2) is 73.1 Å². The third-order valence-corrected chi connectivity index (χ3v) is 4.07. The molecule has 0 aliphatic heterocycles. The van der Waals surface area contributed by atoms with Crippen molar-refractivity contribution >= 4 is 23.4 Å². The van der Waals surface area contributed by atoms with Crippen molar-refractivity contribution in [1.82, 2.24) is 15.4 Å². The van der Waals surface area contributed by atoms with E-state index >= 15 is 0 Å². The molecule has 2 N–H and O–H groups in total. The molecule has 0 aliphatic rings. The van der Waals surface area contributed by atoms with Gasteiger partial charge in [0.2, 0.25) is 11.8 Å². The molecule has 0 radical (unpaired) electrons. The van der Waals surface area contributed by atoms with Crippen molar-refractivity contribution in [3.8, 4) is 5.69 Å². The molecule has 1 heterocycles. The molecule has 2 amide bonds. The largest absolute Gasteiger partial charge is 0.324 e. The summed E-state index contributed by atoms with van der Waals surface area (Å²) in [6.45, 7) is 0. The molecule has 1 aromatic heterocycles. The first-order chi connectivity index (χ1) is 12.6. The first kappa shape index (κ1) is 17.8. The number of carbonyl (C=O) groups excluding carboxylic acids is 2. The lowest BCUT2D eigenvalue weighted by Gasteiger charge is -2.08. The molecule has 3 rings (SSSR count). The zero-order valence-corrected chi connectivity index (χ0v) is 14.7. The van der Waals surface area contributed by atoms with Crippen LogP contribution in [0.4, 0.5) is 0 Å². The van der Waals surface area contributed by atoms with E-state index in [0.29, 0.717) is 5.02 Å². The summed E-state index contributed by atoms with van der Waals surface area (Å²) in [6, 6.07) is 18.6. The van der Waals surface area contributed by atoms with Crippen LogP contribution in [0.1, 0.15) is 11.1 Å². The van der Waals surface area contributed by atoms with Gasteiger partial charge in [-0.1, -0.05) is 35.9 Å². The number of benzene rings is 2. The molecular formula is C20H18ClN3O2. The van der Waals surface area contributed by atoms with Gasteiger partial charge < -0.3 is 4.57 Å². The van der Waals surface area contributed by atoms with Gasteiger partial charge in [0.25, 0.3) is 0 Å². The molecule has 0 unspecified atom stereocenters. The van der Waals surface area contributed by atoms with Gasteiger partial charge in [0.15, 0.2) is 0 Å². The lowest BCUT2D eigenvalue weighted by molar-refractivity contribution is -0.128. The highest BCUT2D eigenvalue weighted by molar-refractivity contribution is 6.30. The van der Waals surface area contributed by atoms with Crippen molar-refractivity contribution in [2.75, 3.05) is 0 Å². The predicted molar refractivity (Wildman–Crippen MR) is 101 cm³/mol. The van der Waals surface area contributed by atoms with E-state index in [-0.39, 0.29) is 24.7 Å². The van der Waals surface area contributed by atoms with E-state index in [0.717, 1.165) is 16.8 Å². The molecule has 0 saturated heterocycles. The fourth-order valence-corrected chi connectivity index (χ4v) is 2.62. The fourth-order valence-electron chi connectivity index (χ4n) is 2.49. The molecule has 6 heteroatoms. The Hall–Kier alpha value is -3.05. The van der Waals surface area contributed by atoms with E-state index in [1.807, 2.05) is 53.4 Å². The topological polar surface area (TPSA) is 63.1 Å². The Bertz CT molecular complexity index is 872. The number of nitrogens with zero attached hydrogens (tertiary/aromatic N) is 1. The van der Waals surface area contributed by atoms with E-state index < -0.39 is 0 Å². The smallest absolute Gasteiger partial charge is 0.242 e. The maximum absolute atomic E-state index is 12.0. The summed E-state index contributed by atoms with van der Waals surface area (Å²) in [4.78, 5) is 23.8. The number of amides is 2. The van der Waals surface area contributed by atoms with Crippen molar-refractivity contribution < 1.29 is 9.59 Å². The van der Waals surface area contributed by atoms with Crippen LogP contribution in [0.5, 0.6) is 0 Å². The minimum Gasteiger partial charge on any atom is -0.324 e. The molecule has 26 heavy (non-hydrogen) atoms. The highest BCUT2D eigenvalue weighted by Crippen LogP contribution is 2.11. The van der Waals surface area contributed by atoms with Crippen molar-refractivity contribution in [3.63, 3.8) is 0 Å². The van der Waals surface area contributed by atoms with E-state index in [1.165, 1.54) is 0 Å². The van der Waals surface area contributed by atoms with Crippen LogP contribution in [-0.2, 0) is 22.4 Å². The third kappa shape index (κ3) is 4.97. The van der Waals surface area contributed by atoms with Gasteiger partial charge in [-0.2, -0.15) is 0 Å². The van der Waals surface area contributed by atoms with Crippen LogP contribution in [-0.4, -0.2) is 16.4 Å². The van der Waals surface area contributed by atoms with Crippen LogP contribution in [0.3, 0.4) is 0 Å². The molecule has 132 valence electrons. The molecule has 0 atom stereocenters. The zero-order valence-electron chi connectivity index (χ0n) is 14.0. The lowest BCUT2D eigenvalue weighted by atomic mass is 10.1. The Morgan fingerprint density at radius 1 is 0.769 bits per heavy atom. The summed E-state index contributed by atoms with van der Waals surface area (Å²) in [5.74, 6) is -0.563. The Kier molecular flexibility index (Phi) is 5.71. The number of hydrogen-bond donors (Lipinski definition) is 2. The third-order valence-electron chi connectivity index (χ3n) is 3.82. The van der Waals surface area contributed by atoms with Gasteiger partial charge in [0.05, 0.1) is 12.8 Å².